The molecule has 0 aliphatic carbocycles. The number of carbonyl (C=O) groups is 1. The zero-order valence-electron chi connectivity index (χ0n) is 15.4. The number of ether oxygens (including phenoxy) is 1. The molecule has 0 bridgehead atoms. The Kier molecular flexibility index (Phi) is 5.71. The SMILES string of the molecule is COc1ccc(-c2nn(Cc3ccc(Cl)cc3)cc2/C=C2/SC(=S)NC2=O)cc1. The number of hydrogen-bond donors (Lipinski definition) is 1. The van der Waals surface area contributed by atoms with Crippen LogP contribution in [0.2, 0.25) is 5.02 Å². The molecule has 1 N–H and O–H groups in total. The number of benzene rings is 2. The van der Waals surface area contributed by atoms with E-state index in [9.17, 15) is 4.79 Å². The molecule has 2 aromatic carbocycles. The number of amides is 1. The standard InChI is InChI=1S/C21H16ClN3O2S2/c1-27-17-8-4-14(5-9-17)19-15(10-18-20(26)23-21(28)29-18)12-25(24-19)11-13-2-6-16(22)7-3-13/h2-10,12H,11H2,1H3,(H,23,26,28)/b18-10+. The van der Waals surface area contributed by atoms with Crippen molar-refractivity contribution in [2.24, 2.45) is 0 Å². The van der Waals surface area contributed by atoms with Gasteiger partial charge in [0.25, 0.3) is 5.91 Å². The third kappa shape index (κ3) is 4.53. The summed E-state index contributed by atoms with van der Waals surface area (Å²) < 4.78 is 7.56. The van der Waals surface area contributed by atoms with Crippen LogP contribution < -0.4 is 10.1 Å². The number of hydrogen-bond acceptors (Lipinski definition) is 5. The van der Waals surface area contributed by atoms with Gasteiger partial charge in [0.05, 0.1) is 24.3 Å². The number of carbonyl (C=O) groups excluding carboxylic acids is 1. The molecule has 0 atom stereocenters. The topological polar surface area (TPSA) is 56.1 Å². The van der Waals surface area contributed by atoms with Crippen molar-refractivity contribution in [2.45, 2.75) is 6.54 Å². The minimum absolute atomic E-state index is 0.189. The van der Waals surface area contributed by atoms with Crippen molar-refractivity contribution in [3.05, 3.63) is 75.8 Å². The normalized spacial score (nSPS) is 15.0. The van der Waals surface area contributed by atoms with Gasteiger partial charge < -0.3 is 10.1 Å². The highest BCUT2D eigenvalue weighted by Gasteiger charge is 2.23. The van der Waals surface area contributed by atoms with E-state index in [-0.39, 0.29) is 5.91 Å². The Hall–Kier alpha value is -2.61. The van der Waals surface area contributed by atoms with Gasteiger partial charge in [0.15, 0.2) is 0 Å². The molecule has 4 rings (SSSR count). The zero-order chi connectivity index (χ0) is 20.4. The minimum Gasteiger partial charge on any atom is -0.497 e. The number of nitrogens with one attached hydrogen (secondary N) is 1. The van der Waals surface area contributed by atoms with E-state index in [2.05, 4.69) is 5.32 Å². The van der Waals surface area contributed by atoms with Gasteiger partial charge in [0.1, 0.15) is 10.1 Å². The number of rotatable bonds is 5. The van der Waals surface area contributed by atoms with E-state index in [0.717, 1.165) is 28.1 Å². The second-order valence-electron chi connectivity index (χ2n) is 6.34. The van der Waals surface area contributed by atoms with Crippen LogP contribution in [0.1, 0.15) is 11.1 Å². The zero-order valence-corrected chi connectivity index (χ0v) is 17.8. The lowest BCUT2D eigenvalue weighted by Gasteiger charge is -2.03. The van der Waals surface area contributed by atoms with Crippen molar-refractivity contribution in [3.63, 3.8) is 0 Å². The molecule has 1 amide bonds. The minimum atomic E-state index is -0.189. The molecule has 1 aliphatic rings. The van der Waals surface area contributed by atoms with Crippen molar-refractivity contribution >= 4 is 51.9 Å². The molecule has 1 aromatic heterocycles. The van der Waals surface area contributed by atoms with Crippen molar-refractivity contribution in [1.82, 2.24) is 15.1 Å². The van der Waals surface area contributed by atoms with Crippen LogP contribution in [0.5, 0.6) is 5.75 Å². The average molecular weight is 442 g/mol. The summed E-state index contributed by atoms with van der Waals surface area (Å²) in [6, 6.07) is 15.3. The Bertz CT molecular complexity index is 1110. The number of thioether (sulfide) groups is 1. The third-order valence-electron chi connectivity index (χ3n) is 4.34. The summed E-state index contributed by atoms with van der Waals surface area (Å²) in [4.78, 5) is 12.7. The molecular weight excluding hydrogens is 426 g/mol. The largest absolute Gasteiger partial charge is 0.497 e. The molecule has 1 fully saturated rings. The Morgan fingerprint density at radius 3 is 2.55 bits per heavy atom. The van der Waals surface area contributed by atoms with Gasteiger partial charge in [-0.15, -0.1) is 0 Å². The van der Waals surface area contributed by atoms with Gasteiger partial charge in [-0.2, -0.15) is 5.10 Å². The Labute approximate surface area is 182 Å². The number of halogens is 1. The maximum absolute atomic E-state index is 12.1. The molecule has 0 unspecified atom stereocenters. The molecule has 146 valence electrons. The fraction of sp³-hybridized carbons (Fsp3) is 0.0952. The third-order valence-corrected chi connectivity index (χ3v) is 5.75. The summed E-state index contributed by atoms with van der Waals surface area (Å²) in [6.45, 7) is 0.585. The van der Waals surface area contributed by atoms with Crippen molar-refractivity contribution < 1.29 is 9.53 Å². The summed E-state index contributed by atoms with van der Waals surface area (Å²) in [6.07, 6.45) is 3.75. The van der Waals surface area contributed by atoms with E-state index in [1.54, 1.807) is 7.11 Å². The lowest BCUT2D eigenvalue weighted by Crippen LogP contribution is -2.17. The predicted molar refractivity (Wildman–Crippen MR) is 121 cm³/mol. The van der Waals surface area contributed by atoms with Gasteiger partial charge in [-0.3, -0.25) is 9.48 Å². The Morgan fingerprint density at radius 2 is 1.93 bits per heavy atom. The molecule has 3 aromatic rings. The second kappa shape index (κ2) is 8.41. The highest BCUT2D eigenvalue weighted by Crippen LogP contribution is 2.31. The average Bonchev–Trinajstić information content (AvgIpc) is 3.26. The van der Waals surface area contributed by atoms with Crippen LogP contribution in [-0.4, -0.2) is 27.1 Å². The van der Waals surface area contributed by atoms with Gasteiger partial charge in [0.2, 0.25) is 0 Å². The quantitative estimate of drug-likeness (QED) is 0.457. The highest BCUT2D eigenvalue weighted by molar-refractivity contribution is 8.26. The lowest BCUT2D eigenvalue weighted by atomic mass is 10.1. The monoisotopic (exact) mass is 441 g/mol. The van der Waals surface area contributed by atoms with E-state index in [4.69, 9.17) is 33.7 Å². The van der Waals surface area contributed by atoms with Crippen LogP contribution in [0, 0.1) is 0 Å². The van der Waals surface area contributed by atoms with Crippen molar-refractivity contribution in [1.29, 1.82) is 0 Å². The molecule has 1 aliphatic heterocycles. The van der Waals surface area contributed by atoms with Crippen molar-refractivity contribution in [3.8, 4) is 17.0 Å². The first-order chi connectivity index (χ1) is 14.0. The molecule has 0 radical (unpaired) electrons. The fourth-order valence-electron chi connectivity index (χ4n) is 2.94. The summed E-state index contributed by atoms with van der Waals surface area (Å²) >= 11 is 12.3. The van der Waals surface area contributed by atoms with Gasteiger partial charge in [0, 0.05) is 22.3 Å². The number of thiocarbonyl (C=S) groups is 1. The number of aromatic nitrogens is 2. The smallest absolute Gasteiger partial charge is 0.263 e. The van der Waals surface area contributed by atoms with Crippen molar-refractivity contribution in [2.75, 3.05) is 7.11 Å². The molecule has 29 heavy (non-hydrogen) atoms. The van der Waals surface area contributed by atoms with E-state index >= 15 is 0 Å². The summed E-state index contributed by atoms with van der Waals surface area (Å²) in [7, 11) is 1.63. The van der Waals surface area contributed by atoms with Crippen LogP contribution in [0.4, 0.5) is 0 Å². The Balaban J connectivity index is 1.73. The summed E-state index contributed by atoms with van der Waals surface area (Å²) in [5.74, 6) is 0.580. The molecule has 0 spiro atoms. The molecule has 5 nitrogen and oxygen atoms in total. The maximum atomic E-state index is 12.1. The van der Waals surface area contributed by atoms with E-state index in [1.807, 2.05) is 65.5 Å². The Morgan fingerprint density at radius 1 is 1.21 bits per heavy atom. The highest BCUT2D eigenvalue weighted by atomic mass is 35.5. The van der Waals surface area contributed by atoms with E-state index < -0.39 is 0 Å². The van der Waals surface area contributed by atoms with Crippen LogP contribution in [0.25, 0.3) is 17.3 Å². The molecule has 2 heterocycles. The second-order valence-corrected chi connectivity index (χ2v) is 8.49. The van der Waals surface area contributed by atoms with Crippen LogP contribution >= 0.6 is 35.6 Å². The van der Waals surface area contributed by atoms with Crippen LogP contribution in [0.15, 0.2) is 59.6 Å². The predicted octanol–water partition coefficient (Wildman–Crippen LogP) is 4.75. The first-order valence-corrected chi connectivity index (χ1v) is 10.3. The summed E-state index contributed by atoms with van der Waals surface area (Å²) in [5, 5.41) is 8.10. The van der Waals surface area contributed by atoms with Crippen LogP contribution in [-0.2, 0) is 11.3 Å². The van der Waals surface area contributed by atoms with Crippen LogP contribution in [0.3, 0.4) is 0 Å². The molecule has 0 saturated carbocycles. The first-order valence-electron chi connectivity index (χ1n) is 8.73. The van der Waals surface area contributed by atoms with E-state index in [1.165, 1.54) is 11.8 Å². The first kappa shape index (κ1) is 19.7. The van der Waals surface area contributed by atoms with E-state index in [0.29, 0.717) is 20.8 Å². The van der Waals surface area contributed by atoms with Gasteiger partial charge in [-0.1, -0.05) is 47.7 Å². The van der Waals surface area contributed by atoms with Gasteiger partial charge in [-0.05, 0) is 48.0 Å². The summed E-state index contributed by atoms with van der Waals surface area (Å²) in [5.41, 5.74) is 3.62. The molecular formula is C21H16ClN3O2S2. The number of methoxy groups -OCH3 is 1. The van der Waals surface area contributed by atoms with Gasteiger partial charge >= 0.3 is 0 Å². The van der Waals surface area contributed by atoms with Gasteiger partial charge in [-0.25, -0.2) is 0 Å². The molecule has 8 heteroatoms. The number of nitrogens with zero attached hydrogens (tertiary/aromatic N) is 2. The lowest BCUT2D eigenvalue weighted by molar-refractivity contribution is -0.115. The maximum Gasteiger partial charge on any atom is 0.263 e. The fourth-order valence-corrected chi connectivity index (χ4v) is 4.10. The molecule has 1 saturated heterocycles.